The molecule has 12 aromatic rings. The maximum Gasteiger partial charge on any atom is 0.165 e. The predicted molar refractivity (Wildman–Crippen MR) is 285 cm³/mol. The molecule has 0 aliphatic heterocycles. The van der Waals surface area contributed by atoms with Gasteiger partial charge in [0.1, 0.15) is 58.2 Å². The van der Waals surface area contributed by atoms with Gasteiger partial charge in [-0.25, -0.2) is 15.0 Å². The highest BCUT2D eigenvalue weighted by Crippen LogP contribution is 2.42. The fraction of sp³-hybridized carbons (Fsp3) is 0. The van der Waals surface area contributed by atoms with Gasteiger partial charge >= 0.3 is 0 Å². The topological polar surface area (TPSA) is 56.7 Å². The van der Waals surface area contributed by atoms with Crippen molar-refractivity contribution in [3.05, 3.63) is 146 Å². The van der Waals surface area contributed by atoms with E-state index in [1.807, 2.05) is 18.2 Å². The smallest absolute Gasteiger partial charge is 0.165 e. The second kappa shape index (κ2) is 14.3. The van der Waals surface area contributed by atoms with Gasteiger partial charge in [-0.1, -0.05) is 142 Å². The van der Waals surface area contributed by atoms with Gasteiger partial charge in [0.05, 0.1) is 0 Å². The molecule has 4 aromatic heterocycles. The summed E-state index contributed by atoms with van der Waals surface area (Å²) in [5.41, 5.74) is 18.0. The van der Waals surface area contributed by atoms with Crippen LogP contribution in [0, 0.1) is 0 Å². The van der Waals surface area contributed by atoms with Crippen molar-refractivity contribution >= 4 is 155 Å². The first-order valence-electron chi connectivity index (χ1n) is 21.5. The van der Waals surface area contributed by atoms with Crippen LogP contribution in [0.2, 0.25) is 0 Å². The van der Waals surface area contributed by atoms with Crippen LogP contribution in [-0.4, -0.2) is 66.6 Å². The number of benzene rings is 8. The van der Waals surface area contributed by atoms with E-state index in [1.165, 1.54) is 70.1 Å². The summed E-state index contributed by atoms with van der Waals surface area (Å²) in [5, 5.41) is 7.21. The Hall–Kier alpha value is -7.02. The van der Waals surface area contributed by atoms with Crippen molar-refractivity contribution < 1.29 is 4.42 Å². The minimum absolute atomic E-state index is 0.593. The fourth-order valence-corrected chi connectivity index (χ4v) is 11.1. The lowest BCUT2D eigenvalue weighted by Crippen LogP contribution is -2.33. The summed E-state index contributed by atoms with van der Waals surface area (Å²) >= 11 is 1.78. The van der Waals surface area contributed by atoms with Crippen LogP contribution in [0.1, 0.15) is 0 Å². The van der Waals surface area contributed by atoms with Crippen LogP contribution < -0.4 is 32.8 Å². The molecule has 290 valence electrons. The number of rotatable bonds is 5. The lowest BCUT2D eigenvalue weighted by atomic mass is 9.71. The summed E-state index contributed by atoms with van der Waals surface area (Å²) in [4.78, 5) is 15.5. The molecule has 12 rings (SSSR count). The zero-order valence-corrected chi connectivity index (χ0v) is 36.8. The van der Waals surface area contributed by atoms with Crippen LogP contribution in [0.3, 0.4) is 0 Å². The van der Waals surface area contributed by atoms with E-state index < -0.39 is 0 Å². The van der Waals surface area contributed by atoms with Crippen LogP contribution in [0.15, 0.2) is 150 Å². The average Bonchev–Trinajstić information content (AvgIpc) is 4.01. The molecule has 0 fully saturated rings. The lowest BCUT2D eigenvalue weighted by molar-refractivity contribution is 0.670. The highest BCUT2D eigenvalue weighted by atomic mass is 32.1. The Morgan fingerprint density at radius 3 is 1.75 bits per heavy atom. The fourth-order valence-electron chi connectivity index (χ4n) is 9.93. The van der Waals surface area contributed by atoms with Crippen LogP contribution >= 0.6 is 11.3 Å². The Morgan fingerprint density at radius 2 is 1.05 bits per heavy atom. The standard InChI is InChI=1S/C51H36B6N4OS/c52-35-23-37(54)45-41(43(35)56)42-44(57)36(53)24-38(55)46(42)61(45)28-21-33(25-10-3-1-4-11-25)47-34(22-28)29-19-18-27(20-39(29)62-47)50-58-49(26-12-5-2-6-13-26)59-51(60-50)32-16-9-15-31-30-14-7-8-17-40(30)63-48(31)32/h1-24H,52-57H2. The van der Waals surface area contributed by atoms with E-state index in [1.54, 1.807) is 11.3 Å². The van der Waals surface area contributed by atoms with Crippen molar-refractivity contribution in [2.24, 2.45) is 0 Å². The van der Waals surface area contributed by atoms with Crippen molar-refractivity contribution in [3.63, 3.8) is 0 Å². The molecular formula is C51H36B6N4OS. The third kappa shape index (κ3) is 5.81. The van der Waals surface area contributed by atoms with Gasteiger partial charge in [-0.15, -0.1) is 11.3 Å². The zero-order chi connectivity index (χ0) is 42.7. The third-order valence-corrected chi connectivity index (χ3v) is 14.4. The van der Waals surface area contributed by atoms with Gasteiger partial charge in [-0.2, -0.15) is 0 Å². The van der Waals surface area contributed by atoms with Crippen molar-refractivity contribution in [3.8, 4) is 51.0 Å². The number of furan rings is 1. The quantitative estimate of drug-likeness (QED) is 0.250. The Kier molecular flexibility index (Phi) is 8.54. The van der Waals surface area contributed by atoms with Gasteiger partial charge in [0, 0.05) is 69.9 Å². The molecule has 0 aliphatic rings. The lowest BCUT2D eigenvalue weighted by Gasteiger charge is -2.15. The summed E-state index contributed by atoms with van der Waals surface area (Å²) < 4.78 is 11.9. The van der Waals surface area contributed by atoms with Crippen LogP contribution in [0.5, 0.6) is 0 Å². The highest BCUT2D eigenvalue weighted by molar-refractivity contribution is 7.26. The monoisotopic (exact) mass is 818 g/mol. The minimum Gasteiger partial charge on any atom is -0.455 e. The summed E-state index contributed by atoms with van der Waals surface area (Å²) in [6.45, 7) is 0. The summed E-state index contributed by atoms with van der Waals surface area (Å²) in [6.07, 6.45) is 0. The van der Waals surface area contributed by atoms with Gasteiger partial charge in [0.2, 0.25) is 0 Å². The number of fused-ring (bicyclic) bond motifs is 9. The first-order chi connectivity index (χ1) is 30.7. The van der Waals surface area contributed by atoms with Gasteiger partial charge in [-0.3, -0.25) is 0 Å². The summed E-state index contributed by atoms with van der Waals surface area (Å²) in [6, 6.07) is 51.5. The van der Waals surface area contributed by atoms with Crippen LogP contribution in [0.4, 0.5) is 0 Å². The molecule has 63 heavy (non-hydrogen) atoms. The SMILES string of the molecule is Bc1cc(B)c2c(c1B)c1c(B)c(B)cc(B)c1n2-c1cc(-c2ccccc2)c2oc3cc(-c4nc(-c5ccccc5)nc(-c5cccc6c5sc5ccccc56)n4)ccc3c2c1. The molecule has 0 spiro atoms. The second-order valence-corrected chi connectivity index (χ2v) is 18.1. The molecule has 0 amide bonds. The Labute approximate surface area is 373 Å². The number of hydrogen-bond donors (Lipinski definition) is 0. The second-order valence-electron chi connectivity index (χ2n) is 17.1. The molecule has 0 bridgehead atoms. The third-order valence-electron chi connectivity index (χ3n) is 13.2. The molecule has 0 unspecified atom stereocenters. The molecule has 0 saturated heterocycles. The normalized spacial score (nSPS) is 11.9. The predicted octanol–water partition coefficient (Wildman–Crippen LogP) is 3.45. The van der Waals surface area contributed by atoms with E-state index in [-0.39, 0.29) is 0 Å². The van der Waals surface area contributed by atoms with E-state index in [4.69, 9.17) is 19.4 Å². The molecule has 5 nitrogen and oxygen atoms in total. The molecule has 4 heterocycles. The maximum absolute atomic E-state index is 7.01. The number of nitrogens with zero attached hydrogens (tertiary/aromatic N) is 4. The first-order valence-corrected chi connectivity index (χ1v) is 22.3. The van der Waals surface area contributed by atoms with Crippen molar-refractivity contribution in [1.29, 1.82) is 0 Å². The highest BCUT2D eigenvalue weighted by Gasteiger charge is 2.24. The van der Waals surface area contributed by atoms with Crippen LogP contribution in [-0.2, 0) is 0 Å². The Morgan fingerprint density at radius 1 is 0.444 bits per heavy atom. The van der Waals surface area contributed by atoms with Crippen molar-refractivity contribution in [2.75, 3.05) is 0 Å². The first kappa shape index (κ1) is 37.7. The van der Waals surface area contributed by atoms with E-state index >= 15 is 0 Å². The summed E-state index contributed by atoms with van der Waals surface area (Å²) in [5.74, 6) is 1.86. The molecule has 0 aliphatic carbocycles. The van der Waals surface area contributed by atoms with Gasteiger partial charge in [0.15, 0.2) is 17.5 Å². The van der Waals surface area contributed by atoms with Gasteiger partial charge < -0.3 is 8.98 Å². The van der Waals surface area contributed by atoms with Crippen molar-refractivity contribution in [1.82, 2.24) is 19.5 Å². The van der Waals surface area contributed by atoms with E-state index in [0.29, 0.717) is 17.5 Å². The van der Waals surface area contributed by atoms with E-state index in [0.717, 1.165) is 60.1 Å². The Balaban J connectivity index is 1.10. The molecule has 0 atom stereocenters. The zero-order valence-electron chi connectivity index (χ0n) is 36.0. The number of thiophene rings is 1. The number of aromatic nitrogens is 4. The molecular weight excluding hydrogens is 782 g/mol. The molecule has 0 N–H and O–H groups in total. The van der Waals surface area contributed by atoms with Crippen molar-refractivity contribution in [2.45, 2.75) is 0 Å². The largest absolute Gasteiger partial charge is 0.455 e. The average molecular weight is 818 g/mol. The number of hydrogen-bond acceptors (Lipinski definition) is 5. The molecule has 8 aromatic carbocycles. The molecule has 0 saturated carbocycles. The Bertz CT molecular complexity index is 3810. The van der Waals surface area contributed by atoms with Crippen LogP contribution in [0.25, 0.3) is 115 Å². The van der Waals surface area contributed by atoms with Gasteiger partial charge in [-0.05, 0) is 52.7 Å². The summed E-state index contributed by atoms with van der Waals surface area (Å²) in [7, 11) is 13.5. The van der Waals surface area contributed by atoms with E-state index in [9.17, 15) is 0 Å². The maximum atomic E-state index is 7.01. The molecule has 12 heteroatoms. The molecule has 0 radical (unpaired) electrons. The minimum atomic E-state index is 0.593. The van der Waals surface area contributed by atoms with Gasteiger partial charge in [0.25, 0.3) is 0 Å². The van der Waals surface area contributed by atoms with E-state index in [2.05, 4.69) is 179 Å².